The highest BCUT2D eigenvalue weighted by molar-refractivity contribution is 6.00. The van der Waals surface area contributed by atoms with E-state index >= 15 is 0 Å². The number of hydrogen-bond acceptors (Lipinski definition) is 6. The van der Waals surface area contributed by atoms with Crippen molar-refractivity contribution < 1.29 is 4.74 Å². The SMILES string of the molecule is N#Cc1ccc2c(Oc3ccc(Nc4nnc(-c5ccccc5)c5ccccc45)cc3)ccnc2c1. The maximum atomic E-state index is 9.13. The molecule has 0 saturated carbocycles. The number of hydrogen-bond donors (Lipinski definition) is 1. The third-order valence-corrected chi connectivity index (χ3v) is 5.91. The van der Waals surface area contributed by atoms with Gasteiger partial charge in [0.1, 0.15) is 17.2 Å². The van der Waals surface area contributed by atoms with Gasteiger partial charge in [-0.25, -0.2) is 0 Å². The number of fused-ring (bicyclic) bond motifs is 2. The second-order valence-electron chi connectivity index (χ2n) is 8.21. The Balaban J connectivity index is 1.27. The molecule has 36 heavy (non-hydrogen) atoms. The van der Waals surface area contributed by atoms with Crippen LogP contribution >= 0.6 is 0 Å². The van der Waals surface area contributed by atoms with E-state index in [1.54, 1.807) is 18.3 Å². The second kappa shape index (κ2) is 9.16. The molecule has 0 unspecified atom stereocenters. The predicted molar refractivity (Wildman–Crippen MR) is 141 cm³/mol. The van der Waals surface area contributed by atoms with Crippen LogP contribution in [0, 0.1) is 11.3 Å². The van der Waals surface area contributed by atoms with E-state index < -0.39 is 0 Å². The normalized spacial score (nSPS) is 10.8. The highest BCUT2D eigenvalue weighted by Gasteiger charge is 2.11. The topological polar surface area (TPSA) is 83.7 Å². The van der Waals surface area contributed by atoms with Crippen LogP contribution in [0.5, 0.6) is 11.5 Å². The molecule has 6 heteroatoms. The monoisotopic (exact) mass is 465 g/mol. The lowest BCUT2D eigenvalue weighted by atomic mass is 10.0. The van der Waals surface area contributed by atoms with Gasteiger partial charge in [0.25, 0.3) is 0 Å². The second-order valence-corrected chi connectivity index (χ2v) is 8.21. The zero-order valence-corrected chi connectivity index (χ0v) is 19.1. The summed E-state index contributed by atoms with van der Waals surface area (Å²) in [6, 6.07) is 35.2. The first kappa shape index (κ1) is 21.3. The summed E-state index contributed by atoms with van der Waals surface area (Å²) in [5, 5.41) is 24.4. The molecule has 170 valence electrons. The summed E-state index contributed by atoms with van der Waals surface area (Å²) in [4.78, 5) is 4.35. The van der Waals surface area contributed by atoms with Gasteiger partial charge >= 0.3 is 0 Å². The quantitative estimate of drug-likeness (QED) is 0.289. The Kier molecular flexibility index (Phi) is 5.41. The molecule has 4 aromatic carbocycles. The van der Waals surface area contributed by atoms with Gasteiger partial charge in [-0.3, -0.25) is 4.98 Å². The van der Waals surface area contributed by atoms with Gasteiger partial charge in [-0.15, -0.1) is 10.2 Å². The van der Waals surface area contributed by atoms with Gasteiger partial charge in [-0.05, 0) is 48.5 Å². The van der Waals surface area contributed by atoms with Crippen molar-refractivity contribution in [3.05, 3.63) is 115 Å². The molecule has 0 atom stereocenters. The highest BCUT2D eigenvalue weighted by Crippen LogP contribution is 2.33. The third-order valence-electron chi connectivity index (χ3n) is 5.91. The summed E-state index contributed by atoms with van der Waals surface area (Å²) in [6.07, 6.45) is 1.68. The molecular weight excluding hydrogens is 446 g/mol. The third kappa shape index (κ3) is 4.06. The van der Waals surface area contributed by atoms with E-state index in [1.165, 1.54) is 0 Å². The maximum absolute atomic E-state index is 9.13. The lowest BCUT2D eigenvalue weighted by molar-refractivity contribution is 0.488. The molecule has 2 aromatic heterocycles. The Hall–Kier alpha value is -5.28. The maximum Gasteiger partial charge on any atom is 0.161 e. The summed E-state index contributed by atoms with van der Waals surface area (Å²) in [5.41, 5.74) is 4.03. The minimum absolute atomic E-state index is 0.565. The smallest absolute Gasteiger partial charge is 0.161 e. The van der Waals surface area contributed by atoms with Crippen molar-refractivity contribution in [2.75, 3.05) is 5.32 Å². The van der Waals surface area contributed by atoms with Crippen LogP contribution in [0.3, 0.4) is 0 Å². The Bertz CT molecular complexity index is 1740. The van der Waals surface area contributed by atoms with Crippen molar-refractivity contribution in [2.24, 2.45) is 0 Å². The number of nitriles is 1. The molecule has 6 aromatic rings. The Morgan fingerprint density at radius 1 is 0.722 bits per heavy atom. The lowest BCUT2D eigenvalue weighted by Gasteiger charge is -2.12. The van der Waals surface area contributed by atoms with Crippen molar-refractivity contribution in [3.63, 3.8) is 0 Å². The van der Waals surface area contributed by atoms with E-state index in [0.29, 0.717) is 28.4 Å². The van der Waals surface area contributed by atoms with E-state index in [2.05, 4.69) is 32.6 Å². The number of rotatable bonds is 5. The van der Waals surface area contributed by atoms with Gasteiger partial charge < -0.3 is 10.1 Å². The molecular formula is C30H19N5O. The van der Waals surface area contributed by atoms with Gasteiger partial charge in [0, 0.05) is 33.6 Å². The first-order valence-electron chi connectivity index (χ1n) is 11.4. The number of ether oxygens (including phenoxy) is 1. The molecule has 0 spiro atoms. The van der Waals surface area contributed by atoms with E-state index in [4.69, 9.17) is 10.00 Å². The van der Waals surface area contributed by atoms with E-state index in [0.717, 1.165) is 33.1 Å². The van der Waals surface area contributed by atoms with Gasteiger partial charge in [-0.1, -0.05) is 54.6 Å². The van der Waals surface area contributed by atoms with Crippen LogP contribution in [-0.4, -0.2) is 15.2 Å². The molecule has 2 heterocycles. The lowest BCUT2D eigenvalue weighted by Crippen LogP contribution is -1.99. The molecule has 0 saturated heterocycles. The fourth-order valence-electron chi connectivity index (χ4n) is 4.16. The number of anilines is 2. The predicted octanol–water partition coefficient (Wildman–Crippen LogP) is 7.25. The summed E-state index contributed by atoms with van der Waals surface area (Å²) in [6.45, 7) is 0. The molecule has 0 fully saturated rings. The Morgan fingerprint density at radius 3 is 2.31 bits per heavy atom. The van der Waals surface area contributed by atoms with Crippen molar-refractivity contribution in [1.29, 1.82) is 5.26 Å². The highest BCUT2D eigenvalue weighted by atomic mass is 16.5. The molecule has 0 aliphatic heterocycles. The fourth-order valence-corrected chi connectivity index (χ4v) is 4.16. The van der Waals surface area contributed by atoms with Gasteiger partial charge in [0.05, 0.1) is 17.1 Å². The molecule has 0 aliphatic carbocycles. The largest absolute Gasteiger partial charge is 0.457 e. The zero-order chi connectivity index (χ0) is 24.3. The molecule has 1 N–H and O–H groups in total. The summed E-state index contributed by atoms with van der Waals surface area (Å²) < 4.78 is 6.13. The molecule has 0 bridgehead atoms. The Morgan fingerprint density at radius 2 is 1.50 bits per heavy atom. The number of aromatic nitrogens is 3. The summed E-state index contributed by atoms with van der Waals surface area (Å²) in [7, 11) is 0. The molecule has 6 nitrogen and oxygen atoms in total. The van der Waals surface area contributed by atoms with Gasteiger partial charge in [0.2, 0.25) is 0 Å². The van der Waals surface area contributed by atoms with E-state index in [-0.39, 0.29) is 0 Å². The van der Waals surface area contributed by atoms with Crippen molar-refractivity contribution in [1.82, 2.24) is 15.2 Å². The van der Waals surface area contributed by atoms with Crippen LogP contribution in [0.15, 0.2) is 109 Å². The summed E-state index contributed by atoms with van der Waals surface area (Å²) in [5.74, 6) is 2.05. The van der Waals surface area contributed by atoms with Crippen molar-refractivity contribution >= 4 is 33.2 Å². The number of nitrogens with zero attached hydrogens (tertiary/aromatic N) is 4. The average Bonchev–Trinajstić information content (AvgIpc) is 2.94. The van der Waals surface area contributed by atoms with Crippen molar-refractivity contribution in [3.8, 4) is 28.8 Å². The number of benzene rings is 4. The standard InChI is InChI=1S/C30H19N5O/c31-19-20-10-15-26-27(18-20)32-17-16-28(26)36-23-13-11-22(12-14-23)33-30-25-9-5-4-8-24(25)29(34-35-30)21-6-2-1-3-7-21/h1-18H,(H,33,35). The first-order chi connectivity index (χ1) is 17.8. The van der Waals surface area contributed by atoms with Crippen LogP contribution in [0.4, 0.5) is 11.5 Å². The van der Waals surface area contributed by atoms with E-state index in [1.807, 2.05) is 84.9 Å². The van der Waals surface area contributed by atoms with Crippen LogP contribution in [0.25, 0.3) is 32.9 Å². The first-order valence-corrected chi connectivity index (χ1v) is 11.4. The molecule has 0 aliphatic rings. The minimum atomic E-state index is 0.565. The van der Waals surface area contributed by atoms with Crippen LogP contribution in [0.2, 0.25) is 0 Å². The Labute approximate surface area is 207 Å². The van der Waals surface area contributed by atoms with E-state index in [9.17, 15) is 0 Å². The molecule has 0 radical (unpaired) electrons. The summed E-state index contributed by atoms with van der Waals surface area (Å²) >= 11 is 0. The average molecular weight is 466 g/mol. The van der Waals surface area contributed by atoms with Gasteiger partial charge in [0.15, 0.2) is 5.82 Å². The van der Waals surface area contributed by atoms with Crippen LogP contribution in [0.1, 0.15) is 5.56 Å². The van der Waals surface area contributed by atoms with Crippen molar-refractivity contribution in [2.45, 2.75) is 0 Å². The van der Waals surface area contributed by atoms with Crippen LogP contribution in [-0.2, 0) is 0 Å². The molecule has 0 amide bonds. The number of pyridine rings is 1. The zero-order valence-electron chi connectivity index (χ0n) is 19.1. The minimum Gasteiger partial charge on any atom is -0.457 e. The van der Waals surface area contributed by atoms with Crippen LogP contribution < -0.4 is 10.1 Å². The number of nitrogens with one attached hydrogen (secondary N) is 1. The fraction of sp³-hybridized carbons (Fsp3) is 0. The molecule has 6 rings (SSSR count). The van der Waals surface area contributed by atoms with Gasteiger partial charge in [-0.2, -0.15) is 5.26 Å².